The summed E-state index contributed by atoms with van der Waals surface area (Å²) in [6.07, 6.45) is 8.01. The lowest BCUT2D eigenvalue weighted by molar-refractivity contribution is -0.137. The van der Waals surface area contributed by atoms with Crippen molar-refractivity contribution in [1.82, 2.24) is 0 Å². The van der Waals surface area contributed by atoms with Crippen molar-refractivity contribution in [3.8, 4) is 0 Å². The van der Waals surface area contributed by atoms with Gasteiger partial charge in [-0.1, -0.05) is 23.3 Å². The van der Waals surface area contributed by atoms with Crippen molar-refractivity contribution in [3.05, 3.63) is 34.9 Å². The van der Waals surface area contributed by atoms with E-state index in [-0.39, 0.29) is 5.97 Å². The van der Waals surface area contributed by atoms with Crippen molar-refractivity contribution in [3.63, 3.8) is 0 Å². The minimum Gasteiger partial charge on any atom is -0.458 e. The van der Waals surface area contributed by atoms with Crippen LogP contribution in [-0.4, -0.2) is 12.6 Å². The third-order valence-corrected chi connectivity index (χ3v) is 2.49. The predicted molar refractivity (Wildman–Crippen MR) is 72.8 cm³/mol. The van der Waals surface area contributed by atoms with Gasteiger partial charge in [-0.3, -0.25) is 0 Å². The molecule has 0 amide bonds. The summed E-state index contributed by atoms with van der Waals surface area (Å²) < 4.78 is 5.09. The Morgan fingerprint density at radius 1 is 1.12 bits per heavy atom. The molecule has 0 heterocycles. The number of carbonyl (C=O) groups excluding carboxylic acids is 1. The van der Waals surface area contributed by atoms with Gasteiger partial charge in [0.25, 0.3) is 0 Å². The van der Waals surface area contributed by atoms with Crippen LogP contribution in [-0.2, 0) is 9.53 Å². The third-order valence-electron chi connectivity index (χ3n) is 2.49. The summed E-state index contributed by atoms with van der Waals surface area (Å²) in [4.78, 5) is 11.3. The van der Waals surface area contributed by atoms with Crippen molar-refractivity contribution < 1.29 is 9.53 Å². The molecule has 2 nitrogen and oxygen atoms in total. The number of ether oxygens (including phenoxy) is 1. The van der Waals surface area contributed by atoms with Crippen LogP contribution in [0.2, 0.25) is 0 Å². The number of carbonyl (C=O) groups is 1. The number of esters is 1. The van der Waals surface area contributed by atoms with Gasteiger partial charge in [-0.25, -0.2) is 4.79 Å². The summed E-state index contributed by atoms with van der Waals surface area (Å²) in [6, 6.07) is 0. The van der Waals surface area contributed by atoms with E-state index in [2.05, 4.69) is 26.8 Å². The lowest BCUT2D eigenvalue weighted by Gasteiger charge is -2.03. The Hall–Kier alpha value is -1.31. The molecule has 0 aromatic carbocycles. The van der Waals surface area contributed by atoms with Crippen LogP contribution in [0.3, 0.4) is 0 Å². The SMILES string of the molecule is C/C=C(\C)C(=O)OC/C=C(/C)CCC=C(C)C. The van der Waals surface area contributed by atoms with Gasteiger partial charge >= 0.3 is 5.97 Å². The molecule has 0 radical (unpaired) electrons. The molecule has 0 atom stereocenters. The van der Waals surface area contributed by atoms with E-state index in [4.69, 9.17) is 4.74 Å². The quantitative estimate of drug-likeness (QED) is 0.393. The van der Waals surface area contributed by atoms with Gasteiger partial charge in [-0.15, -0.1) is 0 Å². The first-order valence-corrected chi connectivity index (χ1v) is 6.06. The van der Waals surface area contributed by atoms with Crippen molar-refractivity contribution in [2.24, 2.45) is 0 Å². The van der Waals surface area contributed by atoms with Gasteiger partial charge in [0.1, 0.15) is 6.61 Å². The molecule has 0 bridgehead atoms. The van der Waals surface area contributed by atoms with Crippen LogP contribution >= 0.6 is 0 Å². The molecular formula is C15H24O2. The highest BCUT2D eigenvalue weighted by atomic mass is 16.5. The molecule has 0 spiro atoms. The Morgan fingerprint density at radius 2 is 1.76 bits per heavy atom. The number of hydrogen-bond donors (Lipinski definition) is 0. The summed E-state index contributed by atoms with van der Waals surface area (Å²) in [5, 5.41) is 0. The standard InChI is InChI=1S/C15H24O2/c1-6-14(5)15(16)17-11-10-13(4)9-7-8-12(2)3/h6,8,10H,7,9,11H2,1-5H3/b13-10-,14-6+. The molecule has 2 heteroatoms. The van der Waals surface area contributed by atoms with E-state index < -0.39 is 0 Å². The molecule has 0 fully saturated rings. The van der Waals surface area contributed by atoms with E-state index in [0.717, 1.165) is 12.8 Å². The maximum Gasteiger partial charge on any atom is 0.333 e. The average molecular weight is 236 g/mol. The third kappa shape index (κ3) is 8.49. The Bertz CT molecular complexity index is 329. The van der Waals surface area contributed by atoms with Gasteiger partial charge in [0.05, 0.1) is 0 Å². The van der Waals surface area contributed by atoms with E-state index >= 15 is 0 Å². The lowest BCUT2D eigenvalue weighted by atomic mass is 10.1. The first-order chi connectivity index (χ1) is 7.97. The predicted octanol–water partition coefficient (Wildman–Crippen LogP) is 4.19. The fourth-order valence-electron chi connectivity index (χ4n) is 1.18. The van der Waals surface area contributed by atoms with Crippen LogP contribution < -0.4 is 0 Å². The fraction of sp³-hybridized carbons (Fsp3) is 0.533. The summed E-state index contributed by atoms with van der Waals surface area (Å²) >= 11 is 0. The number of allylic oxidation sites excluding steroid dienone is 4. The monoisotopic (exact) mass is 236 g/mol. The van der Waals surface area contributed by atoms with E-state index in [1.165, 1.54) is 11.1 Å². The number of hydrogen-bond acceptors (Lipinski definition) is 2. The Balaban J connectivity index is 3.92. The second-order valence-electron chi connectivity index (χ2n) is 4.44. The molecule has 0 unspecified atom stereocenters. The molecule has 0 aromatic rings. The van der Waals surface area contributed by atoms with Gasteiger partial charge in [-0.2, -0.15) is 0 Å². The van der Waals surface area contributed by atoms with E-state index in [1.807, 2.05) is 13.0 Å². The summed E-state index contributed by atoms with van der Waals surface area (Å²) in [6.45, 7) is 10.2. The Morgan fingerprint density at radius 3 is 2.29 bits per heavy atom. The maximum atomic E-state index is 11.3. The van der Waals surface area contributed by atoms with Crippen LogP contribution in [0, 0.1) is 0 Å². The molecule has 0 aromatic heterocycles. The molecule has 0 saturated carbocycles. The summed E-state index contributed by atoms with van der Waals surface area (Å²) in [5.74, 6) is -0.235. The second kappa shape index (κ2) is 8.80. The topological polar surface area (TPSA) is 26.3 Å². The van der Waals surface area contributed by atoms with Crippen LogP contribution in [0.25, 0.3) is 0 Å². The fourth-order valence-corrected chi connectivity index (χ4v) is 1.18. The van der Waals surface area contributed by atoms with Crippen LogP contribution in [0.5, 0.6) is 0 Å². The molecule has 96 valence electrons. The highest BCUT2D eigenvalue weighted by Crippen LogP contribution is 2.06. The zero-order chi connectivity index (χ0) is 13.3. The largest absolute Gasteiger partial charge is 0.458 e. The second-order valence-corrected chi connectivity index (χ2v) is 4.44. The van der Waals surface area contributed by atoms with Gasteiger partial charge in [0.2, 0.25) is 0 Å². The lowest BCUT2D eigenvalue weighted by Crippen LogP contribution is -2.05. The molecule has 0 aliphatic heterocycles. The van der Waals surface area contributed by atoms with Crippen molar-refractivity contribution in [2.45, 2.75) is 47.5 Å². The molecule has 17 heavy (non-hydrogen) atoms. The minimum absolute atomic E-state index is 0.235. The van der Waals surface area contributed by atoms with Crippen molar-refractivity contribution >= 4 is 5.97 Å². The van der Waals surface area contributed by atoms with Gasteiger partial charge in [-0.05, 0) is 53.5 Å². The Kier molecular flexibility index (Phi) is 8.12. The first kappa shape index (κ1) is 15.7. The maximum absolute atomic E-state index is 11.3. The van der Waals surface area contributed by atoms with E-state index in [9.17, 15) is 4.79 Å². The summed E-state index contributed by atoms with van der Waals surface area (Å²) in [5.41, 5.74) is 3.25. The van der Waals surface area contributed by atoms with Crippen LogP contribution in [0.4, 0.5) is 0 Å². The normalized spacial score (nSPS) is 12.3. The minimum atomic E-state index is -0.235. The molecule has 0 aliphatic carbocycles. The molecular weight excluding hydrogens is 212 g/mol. The van der Waals surface area contributed by atoms with Crippen LogP contribution in [0.15, 0.2) is 34.9 Å². The molecule has 0 rings (SSSR count). The van der Waals surface area contributed by atoms with Gasteiger partial charge in [0, 0.05) is 5.57 Å². The molecule has 0 saturated heterocycles. The van der Waals surface area contributed by atoms with Crippen LogP contribution in [0.1, 0.15) is 47.5 Å². The zero-order valence-electron chi connectivity index (χ0n) is 11.7. The van der Waals surface area contributed by atoms with Gasteiger partial charge < -0.3 is 4.74 Å². The van der Waals surface area contributed by atoms with Gasteiger partial charge in [0.15, 0.2) is 0 Å². The highest BCUT2D eigenvalue weighted by molar-refractivity contribution is 5.87. The van der Waals surface area contributed by atoms with Crippen molar-refractivity contribution in [1.29, 1.82) is 0 Å². The smallest absolute Gasteiger partial charge is 0.333 e. The zero-order valence-corrected chi connectivity index (χ0v) is 11.7. The highest BCUT2D eigenvalue weighted by Gasteiger charge is 2.02. The summed E-state index contributed by atoms with van der Waals surface area (Å²) in [7, 11) is 0. The van der Waals surface area contributed by atoms with Crippen molar-refractivity contribution in [2.75, 3.05) is 6.61 Å². The first-order valence-electron chi connectivity index (χ1n) is 6.06. The average Bonchev–Trinajstić information content (AvgIpc) is 2.27. The molecule has 0 N–H and O–H groups in total. The van der Waals surface area contributed by atoms with E-state index in [1.54, 1.807) is 13.0 Å². The molecule has 0 aliphatic rings. The number of rotatable bonds is 6. The Labute approximate surface area is 105 Å². The van der Waals surface area contributed by atoms with E-state index in [0.29, 0.717) is 12.2 Å².